The molecule has 0 spiro atoms. The summed E-state index contributed by atoms with van der Waals surface area (Å²) in [6.45, 7) is 3.72. The summed E-state index contributed by atoms with van der Waals surface area (Å²) >= 11 is 0. The van der Waals surface area contributed by atoms with Gasteiger partial charge in [0, 0.05) is 43.3 Å². The third kappa shape index (κ3) is 5.01. The summed E-state index contributed by atoms with van der Waals surface area (Å²) in [5.74, 6) is 1.58. The number of nitrogens with zero attached hydrogens (tertiary/aromatic N) is 1. The minimum atomic E-state index is -0.238. The number of nitrogens with one attached hydrogen (secondary N) is 1. The molecule has 2 aromatic carbocycles. The summed E-state index contributed by atoms with van der Waals surface area (Å²) in [5, 5.41) is 13.7. The van der Waals surface area contributed by atoms with Crippen molar-refractivity contribution in [2.75, 3.05) is 33.9 Å². The van der Waals surface area contributed by atoms with E-state index in [4.69, 9.17) is 9.47 Å². The van der Waals surface area contributed by atoms with Crippen LogP contribution < -0.4 is 14.8 Å². The standard InChI is InChI=1S/C22H30N2O3/c1-26-20-9-8-19(21(14-20)27-2)15-23-22(17-25)10-12-24(13-11-22)16-18-6-4-3-5-7-18/h3-9,14,23,25H,10-13,15-17H2,1-2H3. The van der Waals surface area contributed by atoms with Crippen LogP contribution >= 0.6 is 0 Å². The fourth-order valence-corrected chi connectivity index (χ4v) is 3.65. The van der Waals surface area contributed by atoms with E-state index in [-0.39, 0.29) is 12.1 Å². The molecule has 2 N–H and O–H groups in total. The Bertz CT molecular complexity index is 713. The van der Waals surface area contributed by atoms with Crippen LogP contribution in [0.2, 0.25) is 0 Å². The quantitative estimate of drug-likeness (QED) is 0.748. The van der Waals surface area contributed by atoms with Gasteiger partial charge >= 0.3 is 0 Å². The first kappa shape index (κ1) is 19.7. The van der Waals surface area contributed by atoms with Crippen molar-refractivity contribution < 1.29 is 14.6 Å². The van der Waals surface area contributed by atoms with Gasteiger partial charge in [0.1, 0.15) is 11.5 Å². The maximum Gasteiger partial charge on any atom is 0.127 e. The molecular weight excluding hydrogens is 340 g/mol. The summed E-state index contributed by atoms with van der Waals surface area (Å²) < 4.78 is 10.7. The number of hydrogen-bond acceptors (Lipinski definition) is 5. The zero-order valence-corrected chi connectivity index (χ0v) is 16.3. The van der Waals surface area contributed by atoms with Crippen LogP contribution in [0.5, 0.6) is 11.5 Å². The third-order valence-electron chi connectivity index (χ3n) is 5.51. The molecule has 1 aliphatic heterocycles. The lowest BCUT2D eigenvalue weighted by molar-refractivity contribution is 0.0741. The Hall–Kier alpha value is -2.08. The SMILES string of the molecule is COc1ccc(CNC2(CO)CCN(Cc3ccccc3)CC2)c(OC)c1. The summed E-state index contributed by atoms with van der Waals surface area (Å²) in [7, 11) is 3.32. The summed E-state index contributed by atoms with van der Waals surface area (Å²) in [5.41, 5.74) is 2.17. The lowest BCUT2D eigenvalue weighted by atomic mass is 9.87. The number of aliphatic hydroxyl groups is 1. The van der Waals surface area contributed by atoms with E-state index in [1.807, 2.05) is 24.3 Å². The van der Waals surface area contributed by atoms with Crippen molar-refractivity contribution in [2.45, 2.75) is 31.5 Å². The molecule has 5 nitrogen and oxygen atoms in total. The number of piperidine rings is 1. The van der Waals surface area contributed by atoms with Gasteiger partial charge in [-0.3, -0.25) is 4.90 Å². The number of rotatable bonds is 8. The topological polar surface area (TPSA) is 54.0 Å². The first-order chi connectivity index (χ1) is 13.2. The minimum Gasteiger partial charge on any atom is -0.497 e. The Morgan fingerprint density at radius 1 is 1.04 bits per heavy atom. The summed E-state index contributed by atoms with van der Waals surface area (Å²) in [4.78, 5) is 2.46. The first-order valence-electron chi connectivity index (χ1n) is 9.51. The van der Waals surface area contributed by atoms with E-state index in [1.165, 1.54) is 5.56 Å². The predicted molar refractivity (Wildman–Crippen MR) is 107 cm³/mol. The highest BCUT2D eigenvalue weighted by atomic mass is 16.5. The number of ether oxygens (including phenoxy) is 2. The maximum atomic E-state index is 10.1. The van der Waals surface area contributed by atoms with Crippen LogP contribution in [-0.2, 0) is 13.1 Å². The molecular formula is C22H30N2O3. The molecule has 0 bridgehead atoms. The smallest absolute Gasteiger partial charge is 0.127 e. The Kier molecular flexibility index (Phi) is 6.72. The molecule has 1 saturated heterocycles. The van der Waals surface area contributed by atoms with Crippen molar-refractivity contribution in [1.29, 1.82) is 0 Å². The van der Waals surface area contributed by atoms with Crippen molar-refractivity contribution in [3.8, 4) is 11.5 Å². The molecule has 0 radical (unpaired) electrons. The average molecular weight is 370 g/mol. The van der Waals surface area contributed by atoms with Crippen LogP contribution in [0, 0.1) is 0 Å². The molecule has 5 heteroatoms. The number of benzene rings is 2. The molecule has 0 aliphatic carbocycles. The zero-order chi connectivity index (χ0) is 19.1. The van der Waals surface area contributed by atoms with E-state index < -0.39 is 0 Å². The van der Waals surface area contributed by atoms with Gasteiger partial charge in [-0.2, -0.15) is 0 Å². The van der Waals surface area contributed by atoms with Gasteiger partial charge in [0.15, 0.2) is 0 Å². The van der Waals surface area contributed by atoms with Gasteiger partial charge in [-0.1, -0.05) is 36.4 Å². The van der Waals surface area contributed by atoms with Crippen molar-refractivity contribution in [3.05, 3.63) is 59.7 Å². The molecule has 1 aliphatic rings. The summed E-state index contributed by atoms with van der Waals surface area (Å²) in [6, 6.07) is 16.4. The highest BCUT2D eigenvalue weighted by Gasteiger charge is 2.33. The molecule has 27 heavy (non-hydrogen) atoms. The van der Waals surface area contributed by atoms with Crippen LogP contribution in [0.1, 0.15) is 24.0 Å². The van der Waals surface area contributed by atoms with Crippen LogP contribution in [0.15, 0.2) is 48.5 Å². The van der Waals surface area contributed by atoms with E-state index in [9.17, 15) is 5.11 Å². The van der Waals surface area contributed by atoms with Gasteiger partial charge in [0.05, 0.1) is 20.8 Å². The molecule has 1 fully saturated rings. The van der Waals surface area contributed by atoms with Gasteiger partial charge in [-0.25, -0.2) is 0 Å². The lowest BCUT2D eigenvalue weighted by Gasteiger charge is -2.41. The van der Waals surface area contributed by atoms with Crippen LogP contribution in [0.25, 0.3) is 0 Å². The Morgan fingerprint density at radius 3 is 2.41 bits per heavy atom. The van der Waals surface area contributed by atoms with Crippen molar-refractivity contribution in [2.24, 2.45) is 0 Å². The van der Waals surface area contributed by atoms with E-state index >= 15 is 0 Å². The van der Waals surface area contributed by atoms with Gasteiger partial charge in [0.2, 0.25) is 0 Å². The number of hydrogen-bond donors (Lipinski definition) is 2. The molecule has 0 atom stereocenters. The van der Waals surface area contributed by atoms with Crippen LogP contribution in [0.4, 0.5) is 0 Å². The normalized spacial score (nSPS) is 16.9. The Balaban J connectivity index is 1.58. The van der Waals surface area contributed by atoms with Crippen molar-refractivity contribution >= 4 is 0 Å². The highest BCUT2D eigenvalue weighted by molar-refractivity contribution is 5.40. The zero-order valence-electron chi connectivity index (χ0n) is 16.3. The third-order valence-corrected chi connectivity index (χ3v) is 5.51. The van der Waals surface area contributed by atoms with E-state index in [2.05, 4.69) is 34.5 Å². The van der Waals surface area contributed by atoms with Crippen LogP contribution in [-0.4, -0.2) is 49.5 Å². The monoisotopic (exact) mass is 370 g/mol. The summed E-state index contributed by atoms with van der Waals surface area (Å²) in [6.07, 6.45) is 1.85. The van der Waals surface area contributed by atoms with Crippen molar-refractivity contribution in [1.82, 2.24) is 10.2 Å². The van der Waals surface area contributed by atoms with Gasteiger partial charge in [-0.05, 0) is 24.5 Å². The first-order valence-corrected chi connectivity index (χ1v) is 9.51. The van der Waals surface area contributed by atoms with E-state index in [1.54, 1.807) is 14.2 Å². The van der Waals surface area contributed by atoms with Gasteiger partial charge < -0.3 is 19.9 Å². The van der Waals surface area contributed by atoms with Gasteiger partial charge in [-0.15, -0.1) is 0 Å². The fraction of sp³-hybridized carbons (Fsp3) is 0.455. The second kappa shape index (κ2) is 9.22. The highest BCUT2D eigenvalue weighted by Crippen LogP contribution is 2.27. The second-order valence-corrected chi connectivity index (χ2v) is 7.23. The Morgan fingerprint density at radius 2 is 1.78 bits per heavy atom. The molecule has 0 aromatic heterocycles. The van der Waals surface area contributed by atoms with E-state index in [0.29, 0.717) is 6.54 Å². The molecule has 2 aromatic rings. The Labute approximate surface area is 161 Å². The van der Waals surface area contributed by atoms with E-state index in [0.717, 1.165) is 49.5 Å². The minimum absolute atomic E-state index is 0.143. The number of methoxy groups -OCH3 is 2. The molecule has 0 amide bonds. The van der Waals surface area contributed by atoms with Crippen molar-refractivity contribution in [3.63, 3.8) is 0 Å². The molecule has 0 saturated carbocycles. The number of aliphatic hydroxyl groups excluding tert-OH is 1. The van der Waals surface area contributed by atoms with Gasteiger partial charge in [0.25, 0.3) is 0 Å². The largest absolute Gasteiger partial charge is 0.497 e. The fourth-order valence-electron chi connectivity index (χ4n) is 3.65. The average Bonchev–Trinajstić information content (AvgIpc) is 2.74. The molecule has 146 valence electrons. The van der Waals surface area contributed by atoms with Crippen LogP contribution in [0.3, 0.4) is 0 Å². The maximum absolute atomic E-state index is 10.1. The molecule has 0 unspecified atom stereocenters. The molecule has 1 heterocycles. The lowest BCUT2D eigenvalue weighted by Crippen LogP contribution is -2.55. The number of likely N-dealkylation sites (tertiary alicyclic amines) is 1. The molecule has 3 rings (SSSR count). The predicted octanol–water partition coefficient (Wildman–Crippen LogP) is 2.82. The second-order valence-electron chi connectivity index (χ2n) is 7.23.